The molecular formula is C27H34Cl2N2O2S. The van der Waals surface area contributed by atoms with Gasteiger partial charge in [-0.25, -0.2) is 0 Å². The van der Waals surface area contributed by atoms with Gasteiger partial charge in [0.05, 0.1) is 5.75 Å². The van der Waals surface area contributed by atoms with Crippen molar-refractivity contribution in [3.63, 3.8) is 0 Å². The van der Waals surface area contributed by atoms with Crippen LogP contribution in [0.25, 0.3) is 0 Å². The van der Waals surface area contributed by atoms with Gasteiger partial charge >= 0.3 is 0 Å². The number of nitrogens with zero attached hydrogens (tertiary/aromatic N) is 1. The maximum atomic E-state index is 13.4. The molecule has 1 aliphatic rings. The normalized spacial score (nSPS) is 15.1. The molecule has 2 amide bonds. The number of amides is 2. The van der Waals surface area contributed by atoms with Crippen molar-refractivity contribution in [3.8, 4) is 0 Å². The number of hydrogen-bond acceptors (Lipinski definition) is 3. The fourth-order valence-corrected chi connectivity index (χ4v) is 5.99. The van der Waals surface area contributed by atoms with Crippen LogP contribution in [0.5, 0.6) is 0 Å². The minimum Gasteiger partial charge on any atom is -0.352 e. The van der Waals surface area contributed by atoms with E-state index in [9.17, 15) is 9.59 Å². The Balaban J connectivity index is 1.72. The Hall–Kier alpha value is -1.69. The molecule has 7 heteroatoms. The Morgan fingerprint density at radius 1 is 1.06 bits per heavy atom. The monoisotopic (exact) mass is 520 g/mol. The van der Waals surface area contributed by atoms with Gasteiger partial charge < -0.3 is 10.2 Å². The quantitative estimate of drug-likeness (QED) is 0.375. The van der Waals surface area contributed by atoms with Gasteiger partial charge in [0.15, 0.2) is 0 Å². The zero-order valence-electron chi connectivity index (χ0n) is 20.0. The number of carbonyl (C=O) groups is 2. The minimum atomic E-state index is -0.500. The fraction of sp³-hybridized carbons (Fsp3) is 0.481. The van der Waals surface area contributed by atoms with Gasteiger partial charge in [0.1, 0.15) is 6.04 Å². The molecule has 0 bridgehead atoms. The molecule has 34 heavy (non-hydrogen) atoms. The Morgan fingerprint density at radius 2 is 1.71 bits per heavy atom. The molecule has 1 atom stereocenters. The Bertz CT molecular complexity index is 941. The van der Waals surface area contributed by atoms with Crippen LogP contribution in [-0.4, -0.2) is 34.6 Å². The highest BCUT2D eigenvalue weighted by Gasteiger charge is 2.30. The molecule has 0 saturated heterocycles. The molecule has 0 spiro atoms. The molecule has 0 aromatic heterocycles. The van der Waals surface area contributed by atoms with Crippen molar-refractivity contribution in [1.29, 1.82) is 0 Å². The van der Waals surface area contributed by atoms with Crippen LogP contribution in [0.1, 0.15) is 62.1 Å². The summed E-state index contributed by atoms with van der Waals surface area (Å²) >= 11 is 14.0. The molecule has 1 saturated carbocycles. The summed E-state index contributed by atoms with van der Waals surface area (Å²) in [5.74, 6) is 0.683. The number of rotatable bonds is 10. The highest BCUT2D eigenvalue weighted by Crippen LogP contribution is 2.28. The molecule has 184 valence electrons. The molecule has 1 aliphatic carbocycles. The topological polar surface area (TPSA) is 49.4 Å². The lowest BCUT2D eigenvalue weighted by Gasteiger charge is -2.32. The second-order valence-electron chi connectivity index (χ2n) is 8.97. The van der Waals surface area contributed by atoms with Gasteiger partial charge in [0.25, 0.3) is 0 Å². The lowest BCUT2D eigenvalue weighted by atomic mass is 9.95. The third-order valence-corrected chi connectivity index (χ3v) is 8.00. The fourth-order valence-electron chi connectivity index (χ4n) is 4.35. The van der Waals surface area contributed by atoms with Crippen molar-refractivity contribution < 1.29 is 9.59 Å². The van der Waals surface area contributed by atoms with E-state index in [2.05, 4.69) is 5.32 Å². The molecule has 4 nitrogen and oxygen atoms in total. The third kappa shape index (κ3) is 7.66. The van der Waals surface area contributed by atoms with Gasteiger partial charge in [0.2, 0.25) is 11.8 Å². The number of carbonyl (C=O) groups excluding carboxylic acids is 2. The number of nitrogens with one attached hydrogen (secondary N) is 1. The number of hydrogen-bond donors (Lipinski definition) is 1. The smallest absolute Gasteiger partial charge is 0.243 e. The minimum absolute atomic E-state index is 0.0472. The molecule has 1 fully saturated rings. The van der Waals surface area contributed by atoms with Crippen LogP contribution in [0.4, 0.5) is 0 Å². The van der Waals surface area contributed by atoms with E-state index in [1.54, 1.807) is 17.0 Å². The zero-order valence-corrected chi connectivity index (χ0v) is 22.3. The molecule has 1 N–H and O–H groups in total. The van der Waals surface area contributed by atoms with Crippen molar-refractivity contribution in [2.75, 3.05) is 5.75 Å². The lowest BCUT2D eigenvalue weighted by Crippen LogP contribution is -2.52. The Morgan fingerprint density at radius 3 is 2.32 bits per heavy atom. The summed E-state index contributed by atoms with van der Waals surface area (Å²) in [7, 11) is 0. The van der Waals surface area contributed by atoms with Gasteiger partial charge in [0, 0.05) is 28.4 Å². The molecule has 1 unspecified atom stereocenters. The Labute approximate surface area is 217 Å². The van der Waals surface area contributed by atoms with Crippen LogP contribution in [-0.2, 0) is 21.9 Å². The Kier molecular flexibility index (Phi) is 10.6. The first-order valence-electron chi connectivity index (χ1n) is 12.0. The standard InChI is InChI=1S/C27H34Cl2N2O2S/c1-3-25(27(33)30-21-8-5-4-6-9-21)31(16-20-14-12-19(2)13-15-20)26(32)18-34-17-22-23(28)10-7-11-24(22)29/h7,10-15,21,25H,3-6,8-9,16-18H2,1-2H3,(H,30,33). The number of halogens is 2. The molecule has 0 aliphatic heterocycles. The SMILES string of the molecule is CCC(C(=O)NC1CCCCC1)N(Cc1ccc(C)cc1)C(=O)CSCc1c(Cl)cccc1Cl. The van der Waals surface area contributed by atoms with Gasteiger partial charge in [-0.05, 0) is 49.4 Å². The molecular weight excluding hydrogens is 487 g/mol. The summed E-state index contributed by atoms with van der Waals surface area (Å²) in [6.45, 7) is 4.41. The van der Waals surface area contributed by atoms with Crippen LogP contribution < -0.4 is 5.32 Å². The molecule has 2 aromatic rings. The van der Waals surface area contributed by atoms with Crippen LogP contribution in [0.3, 0.4) is 0 Å². The maximum Gasteiger partial charge on any atom is 0.243 e. The van der Waals surface area contributed by atoms with Crippen molar-refractivity contribution in [3.05, 3.63) is 69.2 Å². The van der Waals surface area contributed by atoms with Crippen molar-refractivity contribution in [2.24, 2.45) is 0 Å². The number of thioether (sulfide) groups is 1. The predicted molar refractivity (Wildman–Crippen MR) is 143 cm³/mol. The van der Waals surface area contributed by atoms with Crippen LogP contribution in [0.15, 0.2) is 42.5 Å². The van der Waals surface area contributed by atoms with E-state index >= 15 is 0 Å². The van der Waals surface area contributed by atoms with Gasteiger partial charge in [-0.15, -0.1) is 11.8 Å². The summed E-state index contributed by atoms with van der Waals surface area (Å²) in [4.78, 5) is 28.4. The average Bonchev–Trinajstić information content (AvgIpc) is 2.82. The predicted octanol–water partition coefficient (Wildman–Crippen LogP) is 6.79. The van der Waals surface area contributed by atoms with Crippen LogP contribution >= 0.6 is 35.0 Å². The number of aryl methyl sites for hydroxylation is 1. The van der Waals surface area contributed by atoms with Gasteiger partial charge in [-0.2, -0.15) is 0 Å². The molecule has 0 radical (unpaired) electrons. The highest BCUT2D eigenvalue weighted by molar-refractivity contribution is 7.99. The first-order chi connectivity index (χ1) is 16.4. The summed E-state index contributed by atoms with van der Waals surface area (Å²) in [6.07, 6.45) is 6.13. The van der Waals surface area contributed by atoms with E-state index in [0.29, 0.717) is 28.8 Å². The second-order valence-corrected chi connectivity index (χ2v) is 10.8. The van der Waals surface area contributed by atoms with Crippen molar-refractivity contribution in [2.45, 2.75) is 76.8 Å². The van der Waals surface area contributed by atoms with E-state index in [1.165, 1.54) is 18.2 Å². The van der Waals surface area contributed by atoms with E-state index in [1.807, 2.05) is 44.2 Å². The summed E-state index contributed by atoms with van der Waals surface area (Å²) < 4.78 is 0. The largest absolute Gasteiger partial charge is 0.352 e. The summed E-state index contributed by atoms with van der Waals surface area (Å²) in [5, 5.41) is 4.42. The van der Waals surface area contributed by atoms with Crippen molar-refractivity contribution >= 4 is 46.8 Å². The number of benzene rings is 2. The highest BCUT2D eigenvalue weighted by atomic mass is 35.5. The van der Waals surface area contributed by atoms with E-state index < -0.39 is 6.04 Å². The summed E-state index contributed by atoms with van der Waals surface area (Å²) in [5.41, 5.74) is 3.01. The van der Waals surface area contributed by atoms with Crippen molar-refractivity contribution in [1.82, 2.24) is 10.2 Å². The summed E-state index contributed by atoms with van der Waals surface area (Å²) in [6, 6.07) is 13.3. The molecule has 0 heterocycles. The second kappa shape index (κ2) is 13.4. The van der Waals surface area contributed by atoms with Gasteiger partial charge in [-0.3, -0.25) is 9.59 Å². The molecule has 2 aromatic carbocycles. The average molecular weight is 522 g/mol. The van der Waals surface area contributed by atoms with Crippen LogP contribution in [0, 0.1) is 6.92 Å². The first kappa shape index (κ1) is 26.9. The van der Waals surface area contributed by atoms with Crippen LogP contribution in [0.2, 0.25) is 10.0 Å². The zero-order chi connectivity index (χ0) is 24.5. The third-order valence-electron chi connectivity index (χ3n) is 6.34. The molecule has 3 rings (SSSR count). The van der Waals surface area contributed by atoms with E-state index in [0.717, 1.165) is 42.4 Å². The van der Waals surface area contributed by atoms with E-state index in [4.69, 9.17) is 23.2 Å². The maximum absolute atomic E-state index is 13.4. The lowest BCUT2D eigenvalue weighted by molar-refractivity contribution is -0.139. The van der Waals surface area contributed by atoms with E-state index in [-0.39, 0.29) is 23.6 Å². The van der Waals surface area contributed by atoms with Gasteiger partial charge in [-0.1, -0.05) is 85.3 Å². The first-order valence-corrected chi connectivity index (χ1v) is 14.0.